The number of hydrogen-bond acceptors (Lipinski definition) is 3. The fourth-order valence-electron chi connectivity index (χ4n) is 2.64. The van der Waals surface area contributed by atoms with Crippen molar-refractivity contribution in [1.29, 1.82) is 0 Å². The number of carbonyl (C=O) groups is 1. The van der Waals surface area contributed by atoms with Crippen molar-refractivity contribution in [1.82, 2.24) is 0 Å². The monoisotopic (exact) mass is 247 g/mol. The minimum atomic E-state index is -0.297. The first-order valence-corrected chi connectivity index (χ1v) is 6.53. The topological polar surface area (TPSA) is 81.1 Å². The molecule has 1 aliphatic rings. The third kappa shape index (κ3) is 3.23. The Morgan fingerprint density at radius 2 is 2.00 bits per heavy atom. The molecule has 1 saturated carbocycles. The van der Waals surface area contributed by atoms with Crippen LogP contribution in [0.25, 0.3) is 0 Å². The number of nitrogens with two attached hydrogens (primary N) is 2. The summed E-state index contributed by atoms with van der Waals surface area (Å²) in [4.78, 5) is 10.8. The van der Waals surface area contributed by atoms with Crippen LogP contribution in [0.2, 0.25) is 0 Å². The fourth-order valence-corrected chi connectivity index (χ4v) is 2.64. The zero-order chi connectivity index (χ0) is 13.0. The van der Waals surface area contributed by atoms with Gasteiger partial charge in [0, 0.05) is 11.7 Å². The average molecular weight is 247 g/mol. The SMILES string of the molecule is NCC1CCCC1Nc1ccc(CC(N)=O)cc1. The molecular weight excluding hydrogens is 226 g/mol. The second kappa shape index (κ2) is 5.87. The van der Waals surface area contributed by atoms with Crippen LogP contribution in [-0.2, 0) is 11.2 Å². The summed E-state index contributed by atoms with van der Waals surface area (Å²) in [5, 5.41) is 3.53. The van der Waals surface area contributed by atoms with Crippen molar-refractivity contribution in [2.75, 3.05) is 11.9 Å². The van der Waals surface area contributed by atoms with Gasteiger partial charge in [-0.25, -0.2) is 0 Å². The van der Waals surface area contributed by atoms with Crippen LogP contribution in [0.5, 0.6) is 0 Å². The van der Waals surface area contributed by atoms with Crippen LogP contribution in [0.4, 0.5) is 5.69 Å². The van der Waals surface area contributed by atoms with Gasteiger partial charge in [0.25, 0.3) is 0 Å². The van der Waals surface area contributed by atoms with Gasteiger partial charge >= 0.3 is 0 Å². The van der Waals surface area contributed by atoms with E-state index in [9.17, 15) is 4.79 Å². The smallest absolute Gasteiger partial charge is 0.221 e. The van der Waals surface area contributed by atoms with Gasteiger partial charge in [0.05, 0.1) is 6.42 Å². The van der Waals surface area contributed by atoms with Crippen LogP contribution >= 0.6 is 0 Å². The van der Waals surface area contributed by atoms with Crippen molar-refractivity contribution in [2.45, 2.75) is 31.7 Å². The van der Waals surface area contributed by atoms with E-state index in [0.29, 0.717) is 18.4 Å². The van der Waals surface area contributed by atoms with E-state index in [2.05, 4.69) is 5.32 Å². The van der Waals surface area contributed by atoms with E-state index in [0.717, 1.165) is 17.8 Å². The second-order valence-electron chi connectivity index (χ2n) is 5.02. The molecule has 0 aliphatic heterocycles. The lowest BCUT2D eigenvalue weighted by Gasteiger charge is -2.20. The highest BCUT2D eigenvalue weighted by molar-refractivity contribution is 5.76. The van der Waals surface area contributed by atoms with Crippen LogP contribution < -0.4 is 16.8 Å². The number of amides is 1. The van der Waals surface area contributed by atoms with Crippen LogP contribution in [0.1, 0.15) is 24.8 Å². The molecule has 1 fully saturated rings. The van der Waals surface area contributed by atoms with Crippen LogP contribution in [0, 0.1) is 5.92 Å². The lowest BCUT2D eigenvalue weighted by atomic mass is 10.0. The van der Waals surface area contributed by atoms with Crippen molar-refractivity contribution in [3.63, 3.8) is 0 Å². The molecule has 1 amide bonds. The standard InChI is InChI=1S/C14H21N3O/c15-9-11-2-1-3-13(11)17-12-6-4-10(5-7-12)8-14(16)18/h4-7,11,13,17H,1-3,8-9,15H2,(H2,16,18). The zero-order valence-corrected chi connectivity index (χ0v) is 10.6. The molecule has 2 atom stereocenters. The summed E-state index contributed by atoms with van der Waals surface area (Å²) < 4.78 is 0. The van der Waals surface area contributed by atoms with Gasteiger partial charge in [-0.3, -0.25) is 4.79 Å². The predicted octanol–water partition coefficient (Wildman–Crippen LogP) is 1.25. The van der Waals surface area contributed by atoms with Crippen LogP contribution in [-0.4, -0.2) is 18.5 Å². The molecule has 2 rings (SSSR count). The number of anilines is 1. The number of rotatable bonds is 5. The zero-order valence-electron chi connectivity index (χ0n) is 10.6. The first-order valence-electron chi connectivity index (χ1n) is 6.53. The predicted molar refractivity (Wildman–Crippen MR) is 73.1 cm³/mol. The minimum absolute atomic E-state index is 0.297. The number of benzene rings is 1. The van der Waals surface area contributed by atoms with Gasteiger partial charge in [0.2, 0.25) is 5.91 Å². The summed E-state index contributed by atoms with van der Waals surface area (Å²) in [6, 6.07) is 8.38. The Labute approximate surface area is 108 Å². The molecule has 0 saturated heterocycles. The highest BCUT2D eigenvalue weighted by Gasteiger charge is 2.25. The molecule has 0 spiro atoms. The fraction of sp³-hybridized carbons (Fsp3) is 0.500. The Hall–Kier alpha value is -1.55. The Bertz CT molecular complexity index is 402. The van der Waals surface area contributed by atoms with E-state index < -0.39 is 0 Å². The highest BCUT2D eigenvalue weighted by atomic mass is 16.1. The maximum absolute atomic E-state index is 10.8. The van der Waals surface area contributed by atoms with Crippen molar-refractivity contribution in [3.05, 3.63) is 29.8 Å². The van der Waals surface area contributed by atoms with Gasteiger partial charge in [-0.15, -0.1) is 0 Å². The first kappa shape index (κ1) is 12.9. The summed E-state index contributed by atoms with van der Waals surface area (Å²) in [6.07, 6.45) is 3.95. The van der Waals surface area contributed by atoms with Crippen molar-refractivity contribution < 1.29 is 4.79 Å². The molecule has 4 nitrogen and oxygen atoms in total. The molecular formula is C14H21N3O. The van der Waals surface area contributed by atoms with E-state index in [-0.39, 0.29) is 5.91 Å². The van der Waals surface area contributed by atoms with Gasteiger partial charge in [-0.2, -0.15) is 0 Å². The molecule has 1 aromatic rings. The maximum Gasteiger partial charge on any atom is 0.221 e. The molecule has 5 N–H and O–H groups in total. The van der Waals surface area contributed by atoms with Crippen molar-refractivity contribution in [2.24, 2.45) is 17.4 Å². The lowest BCUT2D eigenvalue weighted by molar-refractivity contribution is -0.117. The van der Waals surface area contributed by atoms with E-state index in [1.54, 1.807) is 0 Å². The summed E-state index contributed by atoms with van der Waals surface area (Å²) in [6.45, 7) is 0.747. The number of primary amides is 1. The summed E-state index contributed by atoms with van der Waals surface area (Å²) in [7, 11) is 0. The molecule has 0 aromatic heterocycles. The number of hydrogen-bond donors (Lipinski definition) is 3. The maximum atomic E-state index is 10.8. The molecule has 18 heavy (non-hydrogen) atoms. The van der Waals surface area contributed by atoms with E-state index >= 15 is 0 Å². The van der Waals surface area contributed by atoms with Gasteiger partial charge in [0.15, 0.2) is 0 Å². The summed E-state index contributed by atoms with van der Waals surface area (Å²) >= 11 is 0. The Balaban J connectivity index is 1.95. The van der Waals surface area contributed by atoms with E-state index in [4.69, 9.17) is 11.5 Å². The average Bonchev–Trinajstić information content (AvgIpc) is 2.78. The van der Waals surface area contributed by atoms with Crippen LogP contribution in [0.15, 0.2) is 24.3 Å². The third-order valence-corrected chi connectivity index (χ3v) is 3.65. The van der Waals surface area contributed by atoms with Crippen molar-refractivity contribution >= 4 is 11.6 Å². The van der Waals surface area contributed by atoms with Crippen LogP contribution in [0.3, 0.4) is 0 Å². The molecule has 1 aliphatic carbocycles. The molecule has 0 radical (unpaired) electrons. The Morgan fingerprint density at radius 3 is 2.61 bits per heavy atom. The highest BCUT2D eigenvalue weighted by Crippen LogP contribution is 2.27. The number of nitrogens with one attached hydrogen (secondary N) is 1. The lowest BCUT2D eigenvalue weighted by Crippen LogP contribution is -2.29. The van der Waals surface area contributed by atoms with E-state index in [1.807, 2.05) is 24.3 Å². The third-order valence-electron chi connectivity index (χ3n) is 3.65. The molecule has 1 aromatic carbocycles. The molecule has 0 heterocycles. The molecule has 2 unspecified atom stereocenters. The molecule has 0 bridgehead atoms. The van der Waals surface area contributed by atoms with E-state index in [1.165, 1.54) is 19.3 Å². The minimum Gasteiger partial charge on any atom is -0.382 e. The second-order valence-corrected chi connectivity index (χ2v) is 5.02. The first-order chi connectivity index (χ1) is 8.69. The van der Waals surface area contributed by atoms with Gasteiger partial charge in [-0.1, -0.05) is 18.6 Å². The summed E-state index contributed by atoms with van der Waals surface area (Å²) in [5.74, 6) is 0.282. The molecule has 4 heteroatoms. The Morgan fingerprint density at radius 1 is 1.28 bits per heavy atom. The number of carbonyl (C=O) groups excluding carboxylic acids is 1. The van der Waals surface area contributed by atoms with Gasteiger partial charge < -0.3 is 16.8 Å². The largest absolute Gasteiger partial charge is 0.382 e. The normalized spacial score (nSPS) is 22.9. The Kier molecular flexibility index (Phi) is 4.20. The van der Waals surface area contributed by atoms with Gasteiger partial charge in [0.1, 0.15) is 0 Å². The van der Waals surface area contributed by atoms with Gasteiger partial charge in [-0.05, 0) is 43.0 Å². The summed E-state index contributed by atoms with van der Waals surface area (Å²) in [5.41, 5.74) is 13.0. The quantitative estimate of drug-likeness (QED) is 0.732. The molecule has 98 valence electrons. The van der Waals surface area contributed by atoms with Crippen molar-refractivity contribution in [3.8, 4) is 0 Å².